The van der Waals surface area contributed by atoms with Gasteiger partial charge in [0, 0.05) is 24.8 Å². The number of esters is 1. The first-order chi connectivity index (χ1) is 8.20. The summed E-state index contributed by atoms with van der Waals surface area (Å²) in [5.74, 6) is -0.294. The van der Waals surface area contributed by atoms with E-state index < -0.39 is 0 Å². The average Bonchev–Trinajstić information content (AvgIpc) is 2.39. The molecule has 2 N–H and O–H groups in total. The number of rotatable bonds is 2. The first-order valence-corrected chi connectivity index (χ1v) is 5.89. The van der Waals surface area contributed by atoms with Crippen LogP contribution in [0.3, 0.4) is 0 Å². The number of ether oxygens (including phenoxy) is 1. The van der Waals surface area contributed by atoms with Gasteiger partial charge in [-0.25, -0.2) is 4.79 Å². The summed E-state index contributed by atoms with van der Waals surface area (Å²) >= 11 is 0. The van der Waals surface area contributed by atoms with Crippen LogP contribution in [0.5, 0.6) is 0 Å². The van der Waals surface area contributed by atoms with E-state index >= 15 is 0 Å². The van der Waals surface area contributed by atoms with Gasteiger partial charge in [-0.2, -0.15) is 0 Å². The lowest BCUT2D eigenvalue weighted by molar-refractivity contribution is 0.0601. The molecule has 0 amide bonds. The van der Waals surface area contributed by atoms with Crippen molar-refractivity contribution in [3.8, 4) is 0 Å². The molecule has 1 heterocycles. The number of nitrogens with two attached hydrogens (primary N) is 1. The van der Waals surface area contributed by atoms with Gasteiger partial charge in [0.25, 0.3) is 0 Å². The Bertz CT molecular complexity index is 390. The molecule has 1 aliphatic rings. The summed E-state index contributed by atoms with van der Waals surface area (Å²) in [6, 6.07) is 7.86. The molecule has 0 aromatic heterocycles. The second-order valence-corrected chi connectivity index (χ2v) is 4.36. The SMILES string of the molecule is COC(=O)c1ccc(N2CCC(N)CC2)cc1.Cl.Cl. The molecule has 1 aliphatic heterocycles. The molecule has 0 bridgehead atoms. The van der Waals surface area contributed by atoms with Gasteiger partial charge in [0.2, 0.25) is 0 Å². The van der Waals surface area contributed by atoms with Gasteiger partial charge in [0.05, 0.1) is 12.7 Å². The summed E-state index contributed by atoms with van der Waals surface area (Å²) in [6.45, 7) is 1.97. The van der Waals surface area contributed by atoms with Crippen LogP contribution in [-0.2, 0) is 4.74 Å². The summed E-state index contributed by atoms with van der Waals surface area (Å²) in [5, 5.41) is 0. The molecule has 0 radical (unpaired) electrons. The predicted octanol–water partition coefficient (Wildman–Crippen LogP) is 2.24. The number of anilines is 1. The quantitative estimate of drug-likeness (QED) is 0.852. The Hall–Kier alpha value is -0.970. The third kappa shape index (κ3) is 4.56. The minimum absolute atomic E-state index is 0. The normalized spacial score (nSPS) is 15.2. The van der Waals surface area contributed by atoms with E-state index in [4.69, 9.17) is 5.73 Å². The van der Waals surface area contributed by atoms with Crippen molar-refractivity contribution >= 4 is 36.5 Å². The number of hydrogen-bond donors (Lipinski definition) is 1. The van der Waals surface area contributed by atoms with Gasteiger partial charge in [-0.05, 0) is 37.1 Å². The molecule has 19 heavy (non-hydrogen) atoms. The fourth-order valence-corrected chi connectivity index (χ4v) is 2.08. The highest BCUT2D eigenvalue weighted by molar-refractivity contribution is 5.89. The van der Waals surface area contributed by atoms with Gasteiger partial charge in [0.15, 0.2) is 0 Å². The average molecular weight is 307 g/mol. The lowest BCUT2D eigenvalue weighted by Crippen LogP contribution is -2.39. The van der Waals surface area contributed by atoms with Gasteiger partial charge < -0.3 is 15.4 Å². The van der Waals surface area contributed by atoms with E-state index in [1.807, 2.05) is 12.1 Å². The van der Waals surface area contributed by atoms with Crippen LogP contribution in [0.1, 0.15) is 23.2 Å². The van der Waals surface area contributed by atoms with Gasteiger partial charge in [0.1, 0.15) is 0 Å². The molecule has 0 aliphatic carbocycles. The molecule has 1 aromatic rings. The highest BCUT2D eigenvalue weighted by atomic mass is 35.5. The fourth-order valence-electron chi connectivity index (χ4n) is 2.08. The van der Waals surface area contributed by atoms with Crippen molar-refractivity contribution in [2.45, 2.75) is 18.9 Å². The molecule has 0 atom stereocenters. The zero-order valence-electron chi connectivity index (χ0n) is 10.9. The van der Waals surface area contributed by atoms with E-state index in [0.29, 0.717) is 11.6 Å². The number of halogens is 2. The molecule has 108 valence electrons. The molecule has 1 saturated heterocycles. The topological polar surface area (TPSA) is 55.6 Å². The smallest absolute Gasteiger partial charge is 0.337 e. The van der Waals surface area contributed by atoms with E-state index in [2.05, 4.69) is 9.64 Å². The van der Waals surface area contributed by atoms with Crippen molar-refractivity contribution in [1.29, 1.82) is 0 Å². The molecule has 0 spiro atoms. The first-order valence-electron chi connectivity index (χ1n) is 5.89. The summed E-state index contributed by atoms with van der Waals surface area (Å²) in [4.78, 5) is 13.6. The Labute approximate surface area is 126 Å². The van der Waals surface area contributed by atoms with Crippen molar-refractivity contribution in [3.05, 3.63) is 29.8 Å². The number of carbonyl (C=O) groups excluding carboxylic acids is 1. The summed E-state index contributed by atoms with van der Waals surface area (Å²) in [5.41, 5.74) is 7.60. The van der Waals surface area contributed by atoms with Crippen molar-refractivity contribution in [2.24, 2.45) is 5.73 Å². The van der Waals surface area contributed by atoms with Crippen LogP contribution in [0.2, 0.25) is 0 Å². The fraction of sp³-hybridized carbons (Fsp3) is 0.462. The number of benzene rings is 1. The lowest BCUT2D eigenvalue weighted by Gasteiger charge is -2.32. The molecule has 1 fully saturated rings. The van der Waals surface area contributed by atoms with Gasteiger partial charge in [-0.1, -0.05) is 0 Å². The first kappa shape index (κ1) is 18.0. The maximum atomic E-state index is 11.3. The molecular weight excluding hydrogens is 287 g/mol. The van der Waals surface area contributed by atoms with E-state index in [1.54, 1.807) is 12.1 Å². The number of nitrogens with zero attached hydrogens (tertiary/aromatic N) is 1. The largest absolute Gasteiger partial charge is 0.465 e. The lowest BCUT2D eigenvalue weighted by atomic mass is 10.1. The van der Waals surface area contributed by atoms with Crippen LogP contribution >= 0.6 is 24.8 Å². The molecule has 4 nitrogen and oxygen atoms in total. The number of methoxy groups -OCH3 is 1. The maximum Gasteiger partial charge on any atom is 0.337 e. The van der Waals surface area contributed by atoms with Crippen molar-refractivity contribution < 1.29 is 9.53 Å². The van der Waals surface area contributed by atoms with Gasteiger partial charge in [-0.3, -0.25) is 0 Å². The highest BCUT2D eigenvalue weighted by Gasteiger charge is 2.16. The molecule has 1 aromatic carbocycles. The molecule has 6 heteroatoms. The van der Waals surface area contributed by atoms with Crippen LogP contribution < -0.4 is 10.6 Å². The Kier molecular flexibility index (Phi) is 7.83. The summed E-state index contributed by atoms with van der Waals surface area (Å²) in [7, 11) is 1.39. The third-order valence-corrected chi connectivity index (χ3v) is 3.19. The Morgan fingerprint density at radius 2 is 1.74 bits per heavy atom. The van der Waals surface area contributed by atoms with Crippen LogP contribution in [0.25, 0.3) is 0 Å². The van der Waals surface area contributed by atoms with Crippen LogP contribution in [0, 0.1) is 0 Å². The van der Waals surface area contributed by atoms with Crippen LogP contribution in [0.15, 0.2) is 24.3 Å². The Morgan fingerprint density at radius 3 is 2.21 bits per heavy atom. The van der Waals surface area contributed by atoms with Gasteiger partial charge >= 0.3 is 5.97 Å². The highest BCUT2D eigenvalue weighted by Crippen LogP contribution is 2.20. The molecule has 2 rings (SSSR count). The zero-order valence-corrected chi connectivity index (χ0v) is 12.5. The van der Waals surface area contributed by atoms with E-state index in [-0.39, 0.29) is 30.8 Å². The number of hydrogen-bond acceptors (Lipinski definition) is 4. The van der Waals surface area contributed by atoms with E-state index in [9.17, 15) is 4.79 Å². The Balaban J connectivity index is 0.00000162. The minimum atomic E-state index is -0.294. The number of carbonyl (C=O) groups is 1. The third-order valence-electron chi connectivity index (χ3n) is 3.19. The zero-order chi connectivity index (χ0) is 12.3. The van der Waals surface area contributed by atoms with Gasteiger partial charge in [-0.15, -0.1) is 24.8 Å². The van der Waals surface area contributed by atoms with Crippen molar-refractivity contribution in [3.63, 3.8) is 0 Å². The van der Waals surface area contributed by atoms with Crippen molar-refractivity contribution in [2.75, 3.05) is 25.1 Å². The maximum absolute atomic E-state index is 11.3. The molecular formula is C13H20Cl2N2O2. The second kappa shape index (κ2) is 8.25. The summed E-state index contributed by atoms with van der Waals surface area (Å²) in [6.07, 6.45) is 2.05. The minimum Gasteiger partial charge on any atom is -0.465 e. The molecule has 0 unspecified atom stereocenters. The summed E-state index contributed by atoms with van der Waals surface area (Å²) < 4.78 is 4.67. The monoisotopic (exact) mass is 306 g/mol. The Morgan fingerprint density at radius 1 is 1.21 bits per heavy atom. The van der Waals surface area contributed by atoms with Crippen LogP contribution in [0.4, 0.5) is 5.69 Å². The number of piperidine rings is 1. The van der Waals surface area contributed by atoms with Crippen molar-refractivity contribution in [1.82, 2.24) is 0 Å². The molecule has 0 saturated carbocycles. The standard InChI is InChI=1S/C13H18N2O2.2ClH/c1-17-13(16)10-2-4-12(5-3-10)15-8-6-11(14)7-9-15;;/h2-5,11H,6-9,14H2,1H3;2*1H. The predicted molar refractivity (Wildman–Crippen MR) is 81.7 cm³/mol. The van der Waals surface area contributed by atoms with Crippen LogP contribution in [-0.4, -0.2) is 32.2 Å². The van der Waals surface area contributed by atoms with E-state index in [1.165, 1.54) is 7.11 Å². The van der Waals surface area contributed by atoms with E-state index in [0.717, 1.165) is 31.6 Å². The second-order valence-electron chi connectivity index (χ2n) is 4.36.